The Bertz CT molecular complexity index is 326. The molecule has 1 amide bonds. The van der Waals surface area contributed by atoms with Gasteiger partial charge < -0.3 is 11.1 Å². The Labute approximate surface area is 95.5 Å². The highest BCUT2D eigenvalue weighted by Gasteiger charge is 2.12. The van der Waals surface area contributed by atoms with Crippen LogP contribution in [0, 0.1) is 5.92 Å². The van der Waals surface area contributed by atoms with E-state index in [0.29, 0.717) is 18.9 Å². The van der Waals surface area contributed by atoms with Crippen molar-refractivity contribution in [2.75, 3.05) is 0 Å². The highest BCUT2D eigenvalue weighted by molar-refractivity contribution is 5.76. The predicted octanol–water partition coefficient (Wildman–Crippen LogP) is 0.466. The Morgan fingerprint density at radius 1 is 1.56 bits per heavy atom. The van der Waals surface area contributed by atoms with Crippen LogP contribution < -0.4 is 11.1 Å². The zero-order valence-electron chi connectivity index (χ0n) is 9.68. The molecule has 0 radical (unpaired) electrons. The number of carbonyl (C=O) groups excluding carboxylic acids is 1. The fraction of sp³-hybridized carbons (Fsp3) is 0.545. The summed E-state index contributed by atoms with van der Waals surface area (Å²) in [6.45, 7) is 4.43. The minimum absolute atomic E-state index is 0.0418. The second-order valence-electron chi connectivity index (χ2n) is 4.09. The van der Waals surface area contributed by atoms with Crippen LogP contribution in [-0.2, 0) is 11.3 Å². The van der Waals surface area contributed by atoms with Gasteiger partial charge in [-0.15, -0.1) is 0 Å². The lowest BCUT2D eigenvalue weighted by molar-refractivity contribution is -0.121. The molecule has 0 spiro atoms. The largest absolute Gasteiger partial charge is 0.350 e. The summed E-state index contributed by atoms with van der Waals surface area (Å²) in [5.41, 5.74) is 6.59. The molecule has 0 aliphatic carbocycles. The van der Waals surface area contributed by atoms with Crippen molar-refractivity contribution in [3.05, 3.63) is 24.3 Å². The highest BCUT2D eigenvalue weighted by atomic mass is 16.1. The van der Waals surface area contributed by atoms with Gasteiger partial charge in [0, 0.05) is 18.7 Å². The Kier molecular flexibility index (Phi) is 4.85. The minimum Gasteiger partial charge on any atom is -0.350 e. The number of nitrogens with zero attached hydrogens (tertiary/aromatic N) is 2. The topological polar surface area (TPSA) is 80.9 Å². The van der Waals surface area contributed by atoms with Gasteiger partial charge in [0.05, 0.1) is 12.2 Å². The van der Waals surface area contributed by atoms with Crippen LogP contribution in [0.25, 0.3) is 0 Å². The van der Waals surface area contributed by atoms with Crippen LogP contribution in [0.15, 0.2) is 18.6 Å². The third-order valence-electron chi connectivity index (χ3n) is 2.39. The Morgan fingerprint density at radius 2 is 2.31 bits per heavy atom. The number of nitrogens with two attached hydrogens (primary N) is 1. The number of aromatic nitrogens is 2. The number of hydrogen-bond acceptors (Lipinski definition) is 4. The maximum Gasteiger partial charge on any atom is 0.221 e. The van der Waals surface area contributed by atoms with Crippen LogP contribution in [0.4, 0.5) is 0 Å². The van der Waals surface area contributed by atoms with Crippen LogP contribution in [0.2, 0.25) is 0 Å². The number of rotatable bonds is 5. The van der Waals surface area contributed by atoms with Crippen LogP contribution >= 0.6 is 0 Å². The van der Waals surface area contributed by atoms with Gasteiger partial charge in [-0.2, -0.15) is 0 Å². The van der Waals surface area contributed by atoms with Crippen molar-refractivity contribution in [3.63, 3.8) is 0 Å². The van der Waals surface area contributed by atoms with E-state index in [0.717, 1.165) is 5.69 Å². The van der Waals surface area contributed by atoms with Gasteiger partial charge in [0.2, 0.25) is 5.91 Å². The van der Waals surface area contributed by atoms with Gasteiger partial charge in [0.1, 0.15) is 6.33 Å². The summed E-state index contributed by atoms with van der Waals surface area (Å²) in [5.74, 6) is 0.268. The van der Waals surface area contributed by atoms with Crippen LogP contribution in [0.5, 0.6) is 0 Å². The Balaban J connectivity index is 2.31. The summed E-state index contributed by atoms with van der Waals surface area (Å²) in [6.07, 6.45) is 3.46. The van der Waals surface area contributed by atoms with Gasteiger partial charge in [-0.25, -0.2) is 9.97 Å². The first kappa shape index (κ1) is 12.6. The summed E-state index contributed by atoms with van der Waals surface area (Å²) in [5, 5.41) is 2.78. The lowest BCUT2D eigenvalue weighted by Crippen LogP contribution is -2.34. The first-order chi connectivity index (χ1) is 7.59. The van der Waals surface area contributed by atoms with Crippen molar-refractivity contribution in [2.24, 2.45) is 11.7 Å². The van der Waals surface area contributed by atoms with Crippen LogP contribution in [-0.4, -0.2) is 21.9 Å². The molecule has 5 nitrogen and oxygen atoms in total. The smallest absolute Gasteiger partial charge is 0.221 e. The molecular formula is C11H18N4O. The Hall–Kier alpha value is -1.49. The monoisotopic (exact) mass is 222 g/mol. The zero-order chi connectivity index (χ0) is 12.0. The molecule has 16 heavy (non-hydrogen) atoms. The zero-order valence-corrected chi connectivity index (χ0v) is 9.68. The molecule has 88 valence electrons. The summed E-state index contributed by atoms with van der Waals surface area (Å²) >= 11 is 0. The molecule has 0 fully saturated rings. The molecule has 1 rings (SSSR count). The second-order valence-corrected chi connectivity index (χ2v) is 4.09. The first-order valence-corrected chi connectivity index (χ1v) is 5.36. The maximum atomic E-state index is 11.5. The molecule has 0 aromatic carbocycles. The van der Waals surface area contributed by atoms with Gasteiger partial charge in [-0.1, -0.05) is 13.8 Å². The van der Waals surface area contributed by atoms with Gasteiger partial charge in [-0.05, 0) is 12.0 Å². The first-order valence-electron chi connectivity index (χ1n) is 5.36. The van der Waals surface area contributed by atoms with E-state index in [9.17, 15) is 4.79 Å². The van der Waals surface area contributed by atoms with Crippen molar-refractivity contribution in [1.82, 2.24) is 15.3 Å². The Morgan fingerprint density at radius 3 is 2.88 bits per heavy atom. The van der Waals surface area contributed by atoms with E-state index >= 15 is 0 Å². The average Bonchev–Trinajstić information content (AvgIpc) is 2.27. The summed E-state index contributed by atoms with van der Waals surface area (Å²) in [7, 11) is 0. The number of amides is 1. The molecule has 3 N–H and O–H groups in total. The third-order valence-corrected chi connectivity index (χ3v) is 2.39. The van der Waals surface area contributed by atoms with E-state index in [-0.39, 0.29) is 11.9 Å². The lowest BCUT2D eigenvalue weighted by atomic mass is 10.0. The van der Waals surface area contributed by atoms with Crippen molar-refractivity contribution in [2.45, 2.75) is 32.9 Å². The third kappa shape index (κ3) is 4.35. The van der Waals surface area contributed by atoms with Crippen molar-refractivity contribution in [3.8, 4) is 0 Å². The summed E-state index contributed by atoms with van der Waals surface area (Å²) < 4.78 is 0. The fourth-order valence-electron chi connectivity index (χ4n) is 1.13. The molecule has 0 bridgehead atoms. The molecule has 1 heterocycles. The predicted molar refractivity (Wildman–Crippen MR) is 61.3 cm³/mol. The normalized spacial score (nSPS) is 12.5. The van der Waals surface area contributed by atoms with Crippen molar-refractivity contribution in [1.29, 1.82) is 0 Å². The molecule has 5 heteroatoms. The standard InChI is InChI=1S/C11H18N4O/c1-8(2)10(12)5-11(16)14-6-9-3-4-13-7-15-9/h3-4,7-8,10H,5-6,12H2,1-2H3,(H,14,16). The van der Waals surface area contributed by atoms with E-state index in [1.165, 1.54) is 6.33 Å². The van der Waals surface area contributed by atoms with Crippen LogP contribution in [0.3, 0.4) is 0 Å². The van der Waals surface area contributed by atoms with Gasteiger partial charge in [-0.3, -0.25) is 4.79 Å². The average molecular weight is 222 g/mol. The van der Waals surface area contributed by atoms with E-state index in [1.54, 1.807) is 12.3 Å². The number of hydrogen-bond donors (Lipinski definition) is 2. The molecule has 0 saturated carbocycles. The van der Waals surface area contributed by atoms with E-state index in [1.807, 2.05) is 13.8 Å². The maximum absolute atomic E-state index is 11.5. The molecule has 0 saturated heterocycles. The van der Waals surface area contributed by atoms with Gasteiger partial charge >= 0.3 is 0 Å². The molecule has 0 aliphatic rings. The number of nitrogens with one attached hydrogen (secondary N) is 1. The minimum atomic E-state index is -0.0922. The van der Waals surface area contributed by atoms with E-state index in [2.05, 4.69) is 15.3 Å². The van der Waals surface area contributed by atoms with E-state index < -0.39 is 0 Å². The molecule has 0 aliphatic heterocycles. The van der Waals surface area contributed by atoms with Gasteiger partial charge in [0.25, 0.3) is 0 Å². The second kappa shape index (κ2) is 6.17. The van der Waals surface area contributed by atoms with Gasteiger partial charge in [0.15, 0.2) is 0 Å². The molecule has 1 aromatic heterocycles. The summed E-state index contributed by atoms with van der Waals surface area (Å²) in [6, 6.07) is 1.67. The van der Waals surface area contributed by atoms with Crippen molar-refractivity contribution < 1.29 is 4.79 Å². The fourth-order valence-corrected chi connectivity index (χ4v) is 1.13. The highest BCUT2D eigenvalue weighted by Crippen LogP contribution is 2.02. The SMILES string of the molecule is CC(C)C(N)CC(=O)NCc1ccncn1. The summed E-state index contributed by atoms with van der Waals surface area (Å²) in [4.78, 5) is 19.3. The lowest BCUT2D eigenvalue weighted by Gasteiger charge is -2.14. The van der Waals surface area contributed by atoms with Crippen LogP contribution in [0.1, 0.15) is 26.0 Å². The molecule has 1 aromatic rings. The quantitative estimate of drug-likeness (QED) is 0.758. The van der Waals surface area contributed by atoms with E-state index in [4.69, 9.17) is 5.73 Å². The molecular weight excluding hydrogens is 204 g/mol. The number of carbonyl (C=O) groups is 1. The van der Waals surface area contributed by atoms with Crippen molar-refractivity contribution >= 4 is 5.91 Å². The molecule has 1 atom stereocenters. The molecule has 1 unspecified atom stereocenters.